The molecular formula is C10H12N4O. The Hall–Kier alpha value is -1.88. The van der Waals surface area contributed by atoms with Gasteiger partial charge in [0.15, 0.2) is 0 Å². The van der Waals surface area contributed by atoms with Crippen molar-refractivity contribution in [2.24, 2.45) is 5.73 Å². The number of nitrogens with zero attached hydrogens (tertiary/aromatic N) is 1. The lowest BCUT2D eigenvalue weighted by Crippen LogP contribution is -2.16. The molecule has 0 aliphatic rings. The number of rotatable bonds is 3. The van der Waals surface area contributed by atoms with E-state index in [4.69, 9.17) is 5.73 Å². The zero-order chi connectivity index (χ0) is 10.7. The summed E-state index contributed by atoms with van der Waals surface area (Å²) in [5, 5.41) is 6.23. The lowest BCUT2D eigenvalue weighted by molar-refractivity contribution is 0.755. The fraction of sp³-hybridized carbons (Fsp3) is 0.200. The molecule has 1 aromatic heterocycles. The number of benzene rings is 1. The number of aromatic nitrogens is 3. The van der Waals surface area contributed by atoms with Gasteiger partial charge in [-0.3, -0.25) is 4.98 Å². The Balaban J connectivity index is 2.37. The Morgan fingerprint density at radius 2 is 2.07 bits per heavy atom. The summed E-state index contributed by atoms with van der Waals surface area (Å²) in [6.07, 6.45) is 0. The first-order valence-electron chi connectivity index (χ1n) is 4.71. The summed E-state index contributed by atoms with van der Waals surface area (Å²) in [7, 11) is 0. The van der Waals surface area contributed by atoms with Crippen molar-refractivity contribution < 1.29 is 0 Å². The molecule has 2 aromatic rings. The van der Waals surface area contributed by atoms with Crippen LogP contribution in [0.5, 0.6) is 0 Å². The molecule has 1 unspecified atom stereocenters. The Bertz CT molecular complexity index is 473. The van der Waals surface area contributed by atoms with Gasteiger partial charge >= 0.3 is 5.69 Å². The lowest BCUT2D eigenvalue weighted by Gasteiger charge is -2.10. The second-order valence-corrected chi connectivity index (χ2v) is 3.26. The molecule has 2 rings (SSSR count). The molecule has 0 saturated carbocycles. The molecule has 78 valence electrons. The maximum Gasteiger partial charge on any atom is 0.340 e. The summed E-state index contributed by atoms with van der Waals surface area (Å²) in [5.74, 6) is 0.513. The van der Waals surface area contributed by atoms with E-state index in [1.54, 1.807) is 0 Å². The largest absolute Gasteiger partial charge is 0.340 e. The van der Waals surface area contributed by atoms with Crippen LogP contribution in [0.15, 0.2) is 35.1 Å². The van der Waals surface area contributed by atoms with Crippen LogP contribution in [0.1, 0.15) is 17.3 Å². The number of H-pyrrole nitrogens is 2. The molecule has 1 heterocycles. The summed E-state index contributed by atoms with van der Waals surface area (Å²) >= 11 is 0. The molecule has 0 saturated heterocycles. The Morgan fingerprint density at radius 3 is 2.60 bits per heavy atom. The average molecular weight is 204 g/mol. The van der Waals surface area contributed by atoms with E-state index in [0.717, 1.165) is 5.56 Å². The minimum atomic E-state index is -0.306. The SMILES string of the molecule is NCC(c1ccccc1)c1n[nH]c(=O)[nH]1. The summed E-state index contributed by atoms with van der Waals surface area (Å²) in [5.41, 5.74) is 6.41. The van der Waals surface area contributed by atoms with Gasteiger partial charge in [-0.25, -0.2) is 9.89 Å². The number of hydrogen-bond acceptors (Lipinski definition) is 3. The number of nitrogens with one attached hydrogen (secondary N) is 2. The normalized spacial score (nSPS) is 12.6. The molecule has 15 heavy (non-hydrogen) atoms. The highest BCUT2D eigenvalue weighted by atomic mass is 16.1. The highest BCUT2D eigenvalue weighted by Crippen LogP contribution is 2.18. The molecule has 0 bridgehead atoms. The summed E-state index contributed by atoms with van der Waals surface area (Å²) in [6, 6.07) is 9.73. The van der Waals surface area contributed by atoms with E-state index in [0.29, 0.717) is 12.4 Å². The van der Waals surface area contributed by atoms with Crippen molar-refractivity contribution in [2.75, 3.05) is 6.54 Å². The van der Waals surface area contributed by atoms with Crippen LogP contribution in [0.4, 0.5) is 0 Å². The van der Waals surface area contributed by atoms with Crippen molar-refractivity contribution in [2.45, 2.75) is 5.92 Å². The zero-order valence-electron chi connectivity index (χ0n) is 8.10. The van der Waals surface area contributed by atoms with Crippen molar-refractivity contribution in [3.05, 3.63) is 52.2 Å². The zero-order valence-corrected chi connectivity index (χ0v) is 8.10. The van der Waals surface area contributed by atoms with Gasteiger partial charge in [-0.2, -0.15) is 5.10 Å². The highest BCUT2D eigenvalue weighted by Gasteiger charge is 2.15. The van der Waals surface area contributed by atoms with Crippen LogP contribution in [0, 0.1) is 0 Å². The van der Waals surface area contributed by atoms with Gasteiger partial charge in [0.2, 0.25) is 0 Å². The minimum Gasteiger partial charge on any atom is -0.329 e. The van der Waals surface area contributed by atoms with E-state index in [-0.39, 0.29) is 11.6 Å². The van der Waals surface area contributed by atoms with Crippen LogP contribution in [-0.4, -0.2) is 21.7 Å². The Labute approximate surface area is 86.3 Å². The van der Waals surface area contributed by atoms with Crippen LogP contribution >= 0.6 is 0 Å². The van der Waals surface area contributed by atoms with Crippen LogP contribution in [0.2, 0.25) is 0 Å². The maximum atomic E-state index is 10.9. The van der Waals surface area contributed by atoms with E-state index in [2.05, 4.69) is 15.2 Å². The molecule has 0 aliphatic heterocycles. The molecule has 5 nitrogen and oxygen atoms in total. The van der Waals surface area contributed by atoms with Gasteiger partial charge in [0.1, 0.15) is 5.82 Å². The van der Waals surface area contributed by atoms with Crippen molar-refractivity contribution in [1.82, 2.24) is 15.2 Å². The fourth-order valence-electron chi connectivity index (χ4n) is 1.54. The van der Waals surface area contributed by atoms with E-state index < -0.39 is 0 Å². The average Bonchev–Trinajstić information content (AvgIpc) is 2.68. The first kappa shape index (κ1) is 9.67. The molecule has 1 atom stereocenters. The van der Waals surface area contributed by atoms with Crippen LogP contribution in [0.3, 0.4) is 0 Å². The maximum absolute atomic E-state index is 10.9. The summed E-state index contributed by atoms with van der Waals surface area (Å²) in [4.78, 5) is 13.6. The Morgan fingerprint density at radius 1 is 1.33 bits per heavy atom. The standard InChI is InChI=1S/C10H12N4O/c11-6-8(7-4-2-1-3-5-7)9-12-10(15)14-13-9/h1-5,8H,6,11H2,(H2,12,13,14,15). The molecule has 4 N–H and O–H groups in total. The van der Waals surface area contributed by atoms with Crippen LogP contribution in [-0.2, 0) is 0 Å². The number of aromatic amines is 2. The Kier molecular flexibility index (Phi) is 2.64. The smallest absolute Gasteiger partial charge is 0.329 e. The second kappa shape index (κ2) is 4.10. The second-order valence-electron chi connectivity index (χ2n) is 3.26. The third-order valence-electron chi connectivity index (χ3n) is 2.29. The topological polar surface area (TPSA) is 87.6 Å². The van der Waals surface area contributed by atoms with E-state index in [9.17, 15) is 4.79 Å². The van der Waals surface area contributed by atoms with Gasteiger partial charge in [-0.15, -0.1) is 0 Å². The van der Waals surface area contributed by atoms with Crippen molar-refractivity contribution >= 4 is 0 Å². The molecule has 0 amide bonds. The molecule has 0 aliphatic carbocycles. The molecule has 0 radical (unpaired) electrons. The number of nitrogens with two attached hydrogens (primary N) is 1. The molecule has 0 fully saturated rings. The highest BCUT2D eigenvalue weighted by molar-refractivity contribution is 5.25. The predicted octanol–water partition coefficient (Wildman–Crippen LogP) is 0.189. The van der Waals surface area contributed by atoms with Gasteiger partial charge in [0.05, 0.1) is 5.92 Å². The number of hydrogen-bond donors (Lipinski definition) is 3. The van der Waals surface area contributed by atoms with Gasteiger partial charge < -0.3 is 5.73 Å². The lowest BCUT2D eigenvalue weighted by atomic mass is 9.99. The summed E-state index contributed by atoms with van der Waals surface area (Å²) in [6.45, 7) is 0.408. The molecule has 1 aromatic carbocycles. The van der Waals surface area contributed by atoms with Crippen molar-refractivity contribution in [1.29, 1.82) is 0 Å². The third-order valence-corrected chi connectivity index (χ3v) is 2.29. The van der Waals surface area contributed by atoms with E-state index >= 15 is 0 Å². The van der Waals surface area contributed by atoms with Crippen LogP contribution in [0.25, 0.3) is 0 Å². The quantitative estimate of drug-likeness (QED) is 0.666. The van der Waals surface area contributed by atoms with Crippen LogP contribution < -0.4 is 11.4 Å². The van der Waals surface area contributed by atoms with Gasteiger partial charge in [-0.1, -0.05) is 30.3 Å². The van der Waals surface area contributed by atoms with E-state index in [1.807, 2.05) is 30.3 Å². The monoisotopic (exact) mass is 204 g/mol. The van der Waals surface area contributed by atoms with Gasteiger partial charge in [0.25, 0.3) is 0 Å². The predicted molar refractivity (Wildman–Crippen MR) is 56.5 cm³/mol. The van der Waals surface area contributed by atoms with Gasteiger partial charge in [0, 0.05) is 6.54 Å². The third kappa shape index (κ3) is 1.97. The van der Waals surface area contributed by atoms with Gasteiger partial charge in [-0.05, 0) is 5.56 Å². The van der Waals surface area contributed by atoms with E-state index in [1.165, 1.54) is 0 Å². The minimum absolute atomic E-state index is 0.0647. The first-order chi connectivity index (χ1) is 7.31. The molecule has 5 heteroatoms. The molecular weight excluding hydrogens is 192 g/mol. The summed E-state index contributed by atoms with van der Waals surface area (Å²) < 4.78 is 0. The van der Waals surface area contributed by atoms with Crippen molar-refractivity contribution in [3.8, 4) is 0 Å². The molecule has 0 spiro atoms. The fourth-order valence-corrected chi connectivity index (χ4v) is 1.54. The first-order valence-corrected chi connectivity index (χ1v) is 4.71. The van der Waals surface area contributed by atoms with Crippen molar-refractivity contribution in [3.63, 3.8) is 0 Å².